The number of aromatic nitrogens is 3. The summed E-state index contributed by atoms with van der Waals surface area (Å²) in [7, 11) is 1.65. The molecule has 0 unspecified atom stereocenters. The molecule has 2 aromatic heterocycles. The molecule has 2 aliphatic heterocycles. The number of fused-ring (bicyclic) bond motifs is 1. The van der Waals surface area contributed by atoms with E-state index in [1.54, 1.807) is 26.1 Å². The molecule has 0 aliphatic carbocycles. The maximum Gasteiger partial charge on any atom is 0.263 e. The summed E-state index contributed by atoms with van der Waals surface area (Å²) in [4.78, 5) is 24.6. The second-order valence-electron chi connectivity index (χ2n) is 8.35. The maximum atomic E-state index is 14.9. The molecule has 0 N–H and O–H groups in total. The number of nitrogens with zero attached hydrogens (tertiary/aromatic N) is 4. The molecule has 1 aromatic carbocycles. The molecule has 168 valence electrons. The molecule has 2 fully saturated rings. The highest BCUT2D eigenvalue weighted by atomic mass is 35.5. The van der Waals surface area contributed by atoms with E-state index < -0.39 is 5.82 Å². The number of rotatable bonds is 3. The Morgan fingerprint density at radius 2 is 2.06 bits per heavy atom. The molecular weight excluding hydrogens is 435 g/mol. The highest BCUT2D eigenvalue weighted by Crippen LogP contribution is 2.32. The van der Waals surface area contributed by atoms with E-state index in [1.807, 2.05) is 6.07 Å². The van der Waals surface area contributed by atoms with E-state index in [2.05, 4.69) is 9.88 Å². The van der Waals surface area contributed by atoms with Crippen molar-refractivity contribution < 1.29 is 13.9 Å². The van der Waals surface area contributed by atoms with Crippen LogP contribution in [0.5, 0.6) is 0 Å². The van der Waals surface area contributed by atoms with Gasteiger partial charge in [0.2, 0.25) is 0 Å². The Bertz CT molecular complexity index is 1240. The monoisotopic (exact) mass is 458 g/mol. The lowest BCUT2D eigenvalue weighted by Crippen LogP contribution is -2.46. The lowest BCUT2D eigenvalue weighted by atomic mass is 10.00. The minimum absolute atomic E-state index is 0.0396. The summed E-state index contributed by atoms with van der Waals surface area (Å²) in [5.41, 5.74) is 0.719. The number of hydrogen-bond donors (Lipinski definition) is 0. The van der Waals surface area contributed by atoms with Gasteiger partial charge in [0, 0.05) is 49.3 Å². The second kappa shape index (κ2) is 8.42. The van der Waals surface area contributed by atoms with Gasteiger partial charge in [-0.25, -0.2) is 14.4 Å². The number of anilines is 1. The zero-order chi connectivity index (χ0) is 22.4. The van der Waals surface area contributed by atoms with Crippen molar-refractivity contribution in [2.45, 2.75) is 19.4 Å². The molecule has 9 heteroatoms. The van der Waals surface area contributed by atoms with Crippen molar-refractivity contribution in [3.63, 3.8) is 0 Å². The maximum absolute atomic E-state index is 14.9. The van der Waals surface area contributed by atoms with E-state index in [1.165, 1.54) is 10.6 Å². The Morgan fingerprint density at radius 1 is 1.22 bits per heavy atom. The van der Waals surface area contributed by atoms with Crippen LogP contribution in [0.1, 0.15) is 12.2 Å². The molecule has 3 aromatic rings. The number of hydrogen-bond acceptors (Lipinski definition) is 6. The number of halogens is 2. The molecule has 0 bridgehead atoms. The third-order valence-corrected chi connectivity index (χ3v) is 6.60. The number of ether oxygens (including phenoxy) is 2. The van der Waals surface area contributed by atoms with Crippen molar-refractivity contribution in [3.05, 3.63) is 51.3 Å². The average Bonchev–Trinajstić information content (AvgIpc) is 3.32. The van der Waals surface area contributed by atoms with E-state index in [-0.39, 0.29) is 33.3 Å². The second-order valence-corrected chi connectivity index (χ2v) is 8.79. The van der Waals surface area contributed by atoms with Crippen molar-refractivity contribution >= 4 is 28.3 Å². The Balaban J connectivity index is 1.66. The third-order valence-electron chi connectivity index (χ3n) is 6.37. The average molecular weight is 459 g/mol. The summed E-state index contributed by atoms with van der Waals surface area (Å²) >= 11 is 5.96. The molecule has 2 saturated heterocycles. The Labute approximate surface area is 189 Å². The van der Waals surface area contributed by atoms with Gasteiger partial charge in [-0.1, -0.05) is 11.6 Å². The van der Waals surface area contributed by atoms with E-state index >= 15 is 0 Å². The van der Waals surface area contributed by atoms with Crippen LogP contribution in [0.25, 0.3) is 22.2 Å². The van der Waals surface area contributed by atoms with Gasteiger partial charge in [-0.3, -0.25) is 9.36 Å². The first kappa shape index (κ1) is 21.3. The molecule has 4 heterocycles. The molecule has 0 spiro atoms. The number of pyridine rings is 1. The van der Waals surface area contributed by atoms with Crippen molar-refractivity contribution in [3.8, 4) is 11.3 Å². The van der Waals surface area contributed by atoms with Crippen LogP contribution in [-0.4, -0.2) is 53.5 Å². The minimum atomic E-state index is -0.533. The lowest BCUT2D eigenvalue weighted by Gasteiger charge is -2.36. The number of morpholine rings is 1. The quantitative estimate of drug-likeness (QED) is 0.599. The Hall–Kier alpha value is -2.55. The van der Waals surface area contributed by atoms with E-state index in [4.69, 9.17) is 26.1 Å². The zero-order valence-electron chi connectivity index (χ0n) is 18.0. The Morgan fingerprint density at radius 3 is 2.81 bits per heavy atom. The fourth-order valence-corrected chi connectivity index (χ4v) is 4.59. The predicted molar refractivity (Wildman–Crippen MR) is 121 cm³/mol. The molecular formula is C23H24ClFN4O3. The van der Waals surface area contributed by atoms with Gasteiger partial charge in [-0.2, -0.15) is 0 Å². The summed E-state index contributed by atoms with van der Waals surface area (Å²) in [6, 6.07) is 6.19. The first-order chi connectivity index (χ1) is 15.4. The summed E-state index contributed by atoms with van der Waals surface area (Å²) < 4.78 is 27.9. The molecule has 2 atom stereocenters. The topological polar surface area (TPSA) is 69.5 Å². The summed E-state index contributed by atoms with van der Waals surface area (Å²) in [5.74, 6) is 1.03. The number of aryl methyl sites for hydroxylation is 1. The van der Waals surface area contributed by atoms with Crippen LogP contribution < -0.4 is 10.5 Å². The van der Waals surface area contributed by atoms with Gasteiger partial charge in [0.05, 0.1) is 35.9 Å². The van der Waals surface area contributed by atoms with Crippen molar-refractivity contribution in [2.75, 3.05) is 37.8 Å². The highest BCUT2D eigenvalue weighted by Gasteiger charge is 2.32. The van der Waals surface area contributed by atoms with Gasteiger partial charge in [0.1, 0.15) is 17.5 Å². The van der Waals surface area contributed by atoms with Crippen molar-refractivity contribution in [1.82, 2.24) is 14.5 Å². The van der Waals surface area contributed by atoms with Crippen LogP contribution in [-0.2, 0) is 16.5 Å². The van der Waals surface area contributed by atoms with E-state index in [0.717, 1.165) is 13.0 Å². The van der Waals surface area contributed by atoms with Crippen LogP contribution in [0.3, 0.4) is 0 Å². The first-order valence-electron chi connectivity index (χ1n) is 10.7. The molecule has 5 rings (SSSR count). The molecule has 7 nitrogen and oxygen atoms in total. The summed E-state index contributed by atoms with van der Waals surface area (Å²) in [6.07, 6.45) is 1.01. The van der Waals surface area contributed by atoms with Crippen LogP contribution in [0, 0.1) is 18.7 Å². The molecule has 32 heavy (non-hydrogen) atoms. The van der Waals surface area contributed by atoms with Gasteiger partial charge in [-0.05, 0) is 31.5 Å². The van der Waals surface area contributed by atoms with Crippen LogP contribution >= 0.6 is 11.6 Å². The molecule has 0 amide bonds. The third kappa shape index (κ3) is 3.76. The standard InChI is InChI=1S/C23H24ClFN4O3/c1-13-26-18-10-20(29-6-8-32-19(11-29)14-5-7-31-12-14)27-22(21(18)23(30)28(13)2)16-4-3-15(24)9-17(16)25/h3-4,9-10,14,19H,5-8,11-12H2,1-2H3/t14-,19+/m0/s1. The number of benzene rings is 1. The first-order valence-corrected chi connectivity index (χ1v) is 11.1. The van der Waals surface area contributed by atoms with Crippen LogP contribution in [0.15, 0.2) is 29.1 Å². The van der Waals surface area contributed by atoms with Gasteiger partial charge < -0.3 is 14.4 Å². The van der Waals surface area contributed by atoms with Crippen molar-refractivity contribution in [2.24, 2.45) is 13.0 Å². The van der Waals surface area contributed by atoms with E-state index in [0.29, 0.717) is 49.4 Å². The normalized spacial score (nSPS) is 21.4. The molecule has 0 saturated carbocycles. The van der Waals surface area contributed by atoms with Gasteiger partial charge in [-0.15, -0.1) is 0 Å². The summed E-state index contributed by atoms with van der Waals surface area (Å²) in [6.45, 7) is 5.09. The van der Waals surface area contributed by atoms with Crippen LogP contribution in [0.2, 0.25) is 5.02 Å². The SMILES string of the molecule is Cc1nc2cc(N3CCO[C@@H]([C@H]4CCOC4)C3)nc(-c3ccc(Cl)cc3F)c2c(=O)n1C. The molecule has 0 radical (unpaired) electrons. The van der Waals surface area contributed by atoms with Crippen LogP contribution in [0.4, 0.5) is 10.2 Å². The largest absolute Gasteiger partial charge is 0.381 e. The van der Waals surface area contributed by atoms with Gasteiger partial charge in [0.25, 0.3) is 5.56 Å². The van der Waals surface area contributed by atoms with Gasteiger partial charge in [0.15, 0.2) is 0 Å². The van der Waals surface area contributed by atoms with Gasteiger partial charge >= 0.3 is 0 Å². The zero-order valence-corrected chi connectivity index (χ0v) is 18.7. The van der Waals surface area contributed by atoms with E-state index in [9.17, 15) is 9.18 Å². The fourth-order valence-electron chi connectivity index (χ4n) is 4.43. The fraction of sp³-hybridized carbons (Fsp3) is 0.435. The smallest absolute Gasteiger partial charge is 0.263 e. The lowest BCUT2D eigenvalue weighted by molar-refractivity contribution is -0.00145. The van der Waals surface area contributed by atoms with Crippen molar-refractivity contribution in [1.29, 1.82) is 0 Å². The molecule has 2 aliphatic rings. The summed E-state index contributed by atoms with van der Waals surface area (Å²) in [5, 5.41) is 0.570. The minimum Gasteiger partial charge on any atom is -0.381 e. The Kier molecular flexibility index (Phi) is 5.61. The predicted octanol–water partition coefficient (Wildman–Crippen LogP) is 3.34. The highest BCUT2D eigenvalue weighted by molar-refractivity contribution is 6.30.